The highest BCUT2D eigenvalue weighted by atomic mass is 32.2. The molecule has 0 bridgehead atoms. The van der Waals surface area contributed by atoms with Crippen molar-refractivity contribution in [2.24, 2.45) is 0 Å². The second-order valence-corrected chi connectivity index (χ2v) is 5.09. The van der Waals surface area contributed by atoms with Gasteiger partial charge in [0, 0.05) is 19.3 Å². The van der Waals surface area contributed by atoms with Gasteiger partial charge in [-0.05, 0) is 18.6 Å². The maximum absolute atomic E-state index is 11.9. The predicted octanol–water partition coefficient (Wildman–Crippen LogP) is -0.392. The van der Waals surface area contributed by atoms with Crippen molar-refractivity contribution < 1.29 is 18.3 Å². The Morgan fingerprint density at radius 3 is 2.81 bits per heavy atom. The summed E-state index contributed by atoms with van der Waals surface area (Å²) in [5.74, 6) is -0.573. The SMILES string of the molecule is O=C1c2cccnc2S(=O)(=O)N1CCCO. The summed E-state index contributed by atoms with van der Waals surface area (Å²) in [6.45, 7) is -0.183. The third kappa shape index (κ3) is 1.48. The van der Waals surface area contributed by atoms with Crippen LogP contribution in [0.5, 0.6) is 0 Å². The Morgan fingerprint density at radius 1 is 1.44 bits per heavy atom. The van der Waals surface area contributed by atoms with E-state index >= 15 is 0 Å². The van der Waals surface area contributed by atoms with Gasteiger partial charge in [0.05, 0.1) is 5.56 Å². The summed E-state index contributed by atoms with van der Waals surface area (Å²) in [4.78, 5) is 15.5. The van der Waals surface area contributed by atoms with Crippen molar-refractivity contribution in [3.05, 3.63) is 23.9 Å². The minimum absolute atomic E-state index is 0.0198. The van der Waals surface area contributed by atoms with Crippen LogP contribution in [0.3, 0.4) is 0 Å². The quantitative estimate of drug-likeness (QED) is 0.779. The fourth-order valence-corrected chi connectivity index (χ4v) is 3.07. The number of rotatable bonds is 3. The summed E-state index contributed by atoms with van der Waals surface area (Å²) in [5.41, 5.74) is 0.0976. The minimum atomic E-state index is -3.81. The van der Waals surface area contributed by atoms with E-state index in [9.17, 15) is 13.2 Å². The number of amides is 1. The monoisotopic (exact) mass is 242 g/mol. The topological polar surface area (TPSA) is 87.6 Å². The Labute approximate surface area is 92.6 Å². The lowest BCUT2D eigenvalue weighted by atomic mass is 10.2. The van der Waals surface area contributed by atoms with Crippen LogP contribution in [0.2, 0.25) is 0 Å². The van der Waals surface area contributed by atoms with Crippen molar-refractivity contribution in [3.8, 4) is 0 Å². The lowest BCUT2D eigenvalue weighted by Crippen LogP contribution is -2.31. The number of carbonyl (C=O) groups excluding carboxylic acids is 1. The smallest absolute Gasteiger partial charge is 0.285 e. The van der Waals surface area contributed by atoms with Crippen LogP contribution in [0.4, 0.5) is 0 Å². The third-order valence-electron chi connectivity index (χ3n) is 2.28. The molecule has 0 fully saturated rings. The van der Waals surface area contributed by atoms with E-state index in [0.717, 1.165) is 4.31 Å². The van der Waals surface area contributed by atoms with Crippen LogP contribution in [0.25, 0.3) is 0 Å². The summed E-state index contributed by atoms with van der Waals surface area (Å²) in [6.07, 6.45) is 1.55. The molecule has 0 unspecified atom stereocenters. The third-order valence-corrected chi connectivity index (χ3v) is 4.02. The second-order valence-electron chi connectivity index (χ2n) is 3.32. The number of nitrogens with zero attached hydrogens (tertiary/aromatic N) is 2. The van der Waals surface area contributed by atoms with Crippen molar-refractivity contribution >= 4 is 15.9 Å². The standard InChI is InChI=1S/C9H10N2O4S/c12-6-2-5-11-9(13)7-3-1-4-10-8(7)16(11,14)15/h1,3-4,12H,2,5-6H2. The molecule has 1 aromatic heterocycles. The molecule has 2 rings (SSSR count). The zero-order valence-corrected chi connectivity index (χ0v) is 9.14. The molecule has 0 atom stereocenters. The molecule has 86 valence electrons. The zero-order chi connectivity index (χ0) is 11.8. The fraction of sp³-hybridized carbons (Fsp3) is 0.333. The van der Waals surface area contributed by atoms with Gasteiger partial charge in [0.1, 0.15) is 0 Å². The Balaban J connectivity index is 2.46. The van der Waals surface area contributed by atoms with Crippen LogP contribution in [0.1, 0.15) is 16.8 Å². The van der Waals surface area contributed by atoms with E-state index in [1.165, 1.54) is 18.3 Å². The van der Waals surface area contributed by atoms with Gasteiger partial charge in [0.2, 0.25) is 0 Å². The van der Waals surface area contributed by atoms with Crippen molar-refractivity contribution in [3.63, 3.8) is 0 Å². The number of aromatic nitrogens is 1. The number of carbonyl (C=O) groups is 1. The summed E-state index contributed by atoms with van der Waals surface area (Å²) >= 11 is 0. The summed E-state index contributed by atoms with van der Waals surface area (Å²) < 4.78 is 24.5. The van der Waals surface area contributed by atoms with E-state index in [0.29, 0.717) is 0 Å². The lowest BCUT2D eigenvalue weighted by molar-refractivity contribution is 0.0865. The van der Waals surface area contributed by atoms with Crippen LogP contribution < -0.4 is 0 Å². The average Bonchev–Trinajstić information content (AvgIpc) is 2.46. The first-order chi connectivity index (χ1) is 7.59. The van der Waals surface area contributed by atoms with Crippen molar-refractivity contribution in [1.82, 2.24) is 9.29 Å². The molecule has 0 radical (unpaired) electrons. The van der Waals surface area contributed by atoms with Gasteiger partial charge in [-0.25, -0.2) is 9.29 Å². The summed E-state index contributed by atoms with van der Waals surface area (Å²) in [5, 5.41) is 8.46. The maximum atomic E-state index is 11.9. The van der Waals surface area contributed by atoms with E-state index in [2.05, 4.69) is 4.98 Å². The molecule has 1 aliphatic heterocycles. The van der Waals surface area contributed by atoms with Crippen LogP contribution in [-0.4, -0.2) is 41.9 Å². The summed E-state index contributed by atoms with van der Waals surface area (Å²) in [6, 6.07) is 2.95. The Morgan fingerprint density at radius 2 is 2.19 bits per heavy atom. The van der Waals surface area contributed by atoms with Gasteiger partial charge in [-0.2, -0.15) is 8.42 Å². The number of hydrogen-bond acceptors (Lipinski definition) is 5. The summed E-state index contributed by atoms with van der Waals surface area (Å²) in [7, 11) is -3.81. The van der Waals surface area contributed by atoms with Crippen LogP contribution in [-0.2, 0) is 10.0 Å². The molecule has 1 amide bonds. The molecular weight excluding hydrogens is 232 g/mol. The first kappa shape index (κ1) is 11.0. The second kappa shape index (κ2) is 3.84. The molecular formula is C9H10N2O4S. The molecule has 1 N–H and O–H groups in total. The highest BCUT2D eigenvalue weighted by molar-refractivity contribution is 7.90. The molecule has 1 aromatic rings. The van der Waals surface area contributed by atoms with Crippen LogP contribution in [0.15, 0.2) is 23.4 Å². The van der Waals surface area contributed by atoms with E-state index in [1.54, 1.807) is 0 Å². The first-order valence-corrected chi connectivity index (χ1v) is 6.16. The number of aliphatic hydroxyl groups excluding tert-OH is 1. The molecule has 0 aliphatic carbocycles. The molecule has 0 spiro atoms. The van der Waals surface area contributed by atoms with E-state index in [1.807, 2.05) is 0 Å². The van der Waals surface area contributed by atoms with Gasteiger partial charge in [0.15, 0.2) is 5.03 Å². The lowest BCUT2D eigenvalue weighted by Gasteiger charge is -2.13. The molecule has 16 heavy (non-hydrogen) atoms. The Hall–Kier alpha value is -1.47. The normalized spacial score (nSPS) is 17.6. The van der Waals surface area contributed by atoms with Gasteiger partial charge in [0.25, 0.3) is 15.9 Å². The van der Waals surface area contributed by atoms with Crippen LogP contribution >= 0.6 is 0 Å². The largest absolute Gasteiger partial charge is 0.396 e. The van der Waals surface area contributed by atoms with Gasteiger partial charge < -0.3 is 5.11 Å². The van der Waals surface area contributed by atoms with Crippen LogP contribution in [0, 0.1) is 0 Å². The molecule has 0 aromatic carbocycles. The molecule has 1 aliphatic rings. The molecule has 0 saturated heterocycles. The first-order valence-electron chi connectivity index (χ1n) is 4.72. The number of pyridine rings is 1. The number of aliphatic hydroxyl groups is 1. The van der Waals surface area contributed by atoms with Crippen molar-refractivity contribution in [1.29, 1.82) is 0 Å². The van der Waals surface area contributed by atoms with Gasteiger partial charge >= 0.3 is 0 Å². The molecule has 7 heteroatoms. The fourth-order valence-electron chi connectivity index (χ4n) is 1.54. The molecule has 2 heterocycles. The van der Waals surface area contributed by atoms with E-state index in [4.69, 9.17) is 5.11 Å². The minimum Gasteiger partial charge on any atom is -0.396 e. The van der Waals surface area contributed by atoms with Crippen molar-refractivity contribution in [2.75, 3.05) is 13.2 Å². The van der Waals surface area contributed by atoms with E-state index in [-0.39, 0.29) is 30.2 Å². The predicted molar refractivity (Wildman–Crippen MR) is 54.2 cm³/mol. The number of fused-ring (bicyclic) bond motifs is 1. The van der Waals surface area contributed by atoms with E-state index < -0.39 is 15.9 Å². The molecule has 0 saturated carbocycles. The Bertz CT molecular complexity index is 526. The number of hydrogen-bond donors (Lipinski definition) is 1. The molecule has 6 nitrogen and oxygen atoms in total. The average molecular weight is 242 g/mol. The van der Waals surface area contributed by atoms with Gasteiger partial charge in [-0.3, -0.25) is 4.79 Å². The van der Waals surface area contributed by atoms with Crippen molar-refractivity contribution in [2.45, 2.75) is 11.4 Å². The van der Waals surface area contributed by atoms with Gasteiger partial charge in [-0.1, -0.05) is 0 Å². The zero-order valence-electron chi connectivity index (χ0n) is 8.33. The highest BCUT2D eigenvalue weighted by Crippen LogP contribution is 2.27. The Kier molecular flexibility index (Phi) is 2.64. The maximum Gasteiger partial charge on any atom is 0.285 e. The number of sulfonamides is 1. The highest BCUT2D eigenvalue weighted by Gasteiger charge is 2.41. The van der Waals surface area contributed by atoms with Gasteiger partial charge in [-0.15, -0.1) is 0 Å².